The van der Waals surface area contributed by atoms with Crippen LogP contribution in [0.15, 0.2) is 146 Å². The summed E-state index contributed by atoms with van der Waals surface area (Å²) in [4.78, 5) is 19.1. The second kappa shape index (κ2) is 32.8. The maximum Gasteiger partial charge on any atom is 0.184 e. The van der Waals surface area contributed by atoms with Crippen LogP contribution in [0.1, 0.15) is 88.2 Å². The molecule has 0 aliphatic carbocycles. The van der Waals surface area contributed by atoms with Gasteiger partial charge in [0.1, 0.15) is 69.2 Å². The molecule has 0 amide bonds. The predicted molar refractivity (Wildman–Crippen MR) is 402 cm³/mol. The zero-order chi connectivity index (χ0) is 76.4. The first-order valence-electron chi connectivity index (χ1n) is 33.6. The molecular weight excluding hydrogens is 1410 g/mol. The van der Waals surface area contributed by atoms with Crippen molar-refractivity contribution >= 4 is 92.2 Å². The van der Waals surface area contributed by atoms with Crippen LogP contribution >= 0.6 is 0 Å². The maximum absolute atomic E-state index is 14.6. The molecule has 8 heterocycles. The monoisotopic (exact) mass is 1480 g/mol. The highest BCUT2D eigenvalue weighted by Crippen LogP contribution is 2.33. The van der Waals surface area contributed by atoms with Crippen LogP contribution < -0.4 is 17.2 Å². The van der Waals surface area contributed by atoms with Gasteiger partial charge in [-0.05, 0) is 152 Å². The van der Waals surface area contributed by atoms with E-state index in [2.05, 4.69) is 102 Å². The number of nitrogens with one attached hydrogen (secondary N) is 8. The lowest BCUT2D eigenvalue weighted by atomic mass is 10.1. The second-order valence-corrected chi connectivity index (χ2v) is 25.3. The number of nitrogens with two attached hydrogens (primary N) is 3. The van der Waals surface area contributed by atoms with Gasteiger partial charge in [0.15, 0.2) is 34.9 Å². The molecule has 14 N–H and O–H groups in total. The standard InChI is InChI=1S/C21H20F2N6.C20H18F2N6.2C18H14F2N6/c1-11(2)18(24)21-25-20(28-29-21)13-9-15-17(26-27-19(15)16(23)10-13)8-5-12-3-6-14(22)7-4-12;1-28(2)11-19-23-20(27-26-19)14-9-15-17(24-25-18(15)10-16(14)22)8-5-12-3-6-13(21)7-4-12;19-12-4-1-10(2-5-12)3-6-15-13-7-11(8-14(20)17(13)25-23-15)18-22-16(9-21)24-26-18;19-11-4-1-10(2-5-11)3-6-15-13-7-12(14(20)8-16(13)24-23-15)18-22-17(9-21)25-26-18/h3-11,18H,24H2,1-2H3,(H,26,27)(H,25,28,29);3-10H,11H2,1-2H3,(H,24,25)(H,23,26,27);1-8H,9,21H2,(H,23,25)(H,22,24,26);1-8H,9,21H2,(H,23,24)(H,22,25,26)/b2*8-5+;2*6-3+/t18-;;;/m0.../s1. The summed E-state index contributed by atoms with van der Waals surface area (Å²) < 4.78 is 110. The Hall–Kier alpha value is -13.6. The van der Waals surface area contributed by atoms with Crippen LogP contribution in [0.25, 0.3) is 138 Å². The third kappa shape index (κ3) is 17.5. The van der Waals surface area contributed by atoms with Crippen molar-refractivity contribution in [1.82, 2.24) is 106 Å². The van der Waals surface area contributed by atoms with E-state index in [1.807, 2.05) is 38.9 Å². The Morgan fingerprint density at radius 2 is 0.734 bits per heavy atom. The highest BCUT2D eigenvalue weighted by molar-refractivity contribution is 5.96. The van der Waals surface area contributed by atoms with Crippen LogP contribution in [0, 0.1) is 52.5 Å². The number of aromatic nitrogens is 20. The lowest BCUT2D eigenvalue weighted by Crippen LogP contribution is -2.18. The molecule has 0 aliphatic rings. The number of benzene rings is 8. The van der Waals surface area contributed by atoms with Crippen LogP contribution in [0.3, 0.4) is 0 Å². The Bertz CT molecular complexity index is 5960. The van der Waals surface area contributed by atoms with Crippen molar-refractivity contribution in [2.75, 3.05) is 14.1 Å². The van der Waals surface area contributed by atoms with Gasteiger partial charge in [0.25, 0.3) is 0 Å². The Kier molecular flexibility index (Phi) is 22.2. The van der Waals surface area contributed by atoms with Gasteiger partial charge < -0.3 is 22.1 Å². The molecule has 0 saturated carbocycles. The Balaban J connectivity index is 0.000000128. The summed E-state index contributed by atoms with van der Waals surface area (Å²) >= 11 is 0. The lowest BCUT2D eigenvalue weighted by Gasteiger charge is -2.11. The molecule has 0 saturated heterocycles. The summed E-state index contributed by atoms with van der Waals surface area (Å²) in [5, 5.41) is 57.9. The highest BCUT2D eigenvalue weighted by atomic mass is 19.2. The fourth-order valence-electron chi connectivity index (χ4n) is 11.1. The smallest absolute Gasteiger partial charge is 0.184 e. The SMILES string of the molecule is CC(C)[C@H](N)c1nc(-c2cc(F)c3n[nH]c(/C=C/c4ccc(F)cc4)c3c2)n[nH]1.CN(C)Cc1nc(-c2cc3c(/C=C/c4ccc(F)cc4)n[nH]c3cc2F)n[nH]1.NCc1nc(-c2cc(F)c3n[nH]c(/C=C/c4ccc(F)cc4)c3c2)n[nH]1.NCc1nc(-c2cc3c(/C=C/c4ccc(F)cc4)n[nH]c3cc2F)n[nH]1. The van der Waals surface area contributed by atoms with Gasteiger partial charge in [-0.2, -0.15) is 40.8 Å². The van der Waals surface area contributed by atoms with E-state index < -0.39 is 23.3 Å². The van der Waals surface area contributed by atoms with Crippen molar-refractivity contribution in [2.24, 2.45) is 23.1 Å². The molecule has 0 fully saturated rings. The topological polar surface area (TPSA) is 362 Å². The molecule has 0 unspecified atom stereocenters. The van der Waals surface area contributed by atoms with Crippen molar-refractivity contribution in [3.8, 4) is 45.6 Å². The average Bonchev–Trinajstić information content (AvgIpc) is 1.68. The van der Waals surface area contributed by atoms with Gasteiger partial charge in [-0.25, -0.2) is 55.1 Å². The first-order chi connectivity index (χ1) is 52.7. The summed E-state index contributed by atoms with van der Waals surface area (Å²) in [6, 6.07) is 36.3. The molecule has 8 aromatic heterocycles. The van der Waals surface area contributed by atoms with Crippen LogP contribution in [-0.4, -0.2) is 121 Å². The quantitative estimate of drug-likeness (QED) is 0.0356. The van der Waals surface area contributed by atoms with Crippen LogP contribution in [0.2, 0.25) is 0 Å². The number of aromatic amines is 8. The highest BCUT2D eigenvalue weighted by Gasteiger charge is 2.21. The fourth-order valence-corrected chi connectivity index (χ4v) is 11.1. The number of hydrogen-bond donors (Lipinski definition) is 11. The van der Waals surface area contributed by atoms with E-state index in [-0.39, 0.29) is 70.7 Å². The van der Waals surface area contributed by atoms with Crippen molar-refractivity contribution < 1.29 is 35.1 Å². The first-order valence-corrected chi connectivity index (χ1v) is 33.6. The molecular formula is C77H66F8N24. The number of fused-ring (bicyclic) bond motifs is 4. The Labute approximate surface area is 613 Å². The third-order valence-electron chi connectivity index (χ3n) is 16.9. The van der Waals surface area contributed by atoms with Gasteiger partial charge in [-0.1, -0.05) is 86.7 Å². The molecule has 109 heavy (non-hydrogen) atoms. The summed E-state index contributed by atoms with van der Waals surface area (Å²) in [7, 11) is 3.83. The third-order valence-corrected chi connectivity index (χ3v) is 16.9. The number of H-pyrrole nitrogens is 8. The van der Waals surface area contributed by atoms with Gasteiger partial charge in [-0.3, -0.25) is 40.8 Å². The Morgan fingerprint density at radius 3 is 1.13 bits per heavy atom. The molecule has 0 bridgehead atoms. The van der Waals surface area contributed by atoms with E-state index in [9.17, 15) is 35.1 Å². The number of rotatable bonds is 18. The fraction of sp³-hybridized carbons (Fsp3) is 0.117. The average molecular weight is 1480 g/mol. The largest absolute Gasteiger partial charge is 0.324 e. The van der Waals surface area contributed by atoms with Crippen molar-refractivity contribution in [3.05, 3.63) is 260 Å². The van der Waals surface area contributed by atoms with Gasteiger partial charge >= 0.3 is 0 Å². The van der Waals surface area contributed by atoms with Crippen LogP contribution in [0.5, 0.6) is 0 Å². The molecule has 16 rings (SSSR count). The van der Waals surface area contributed by atoms with E-state index in [1.165, 1.54) is 72.8 Å². The molecule has 1 atom stereocenters. The molecule has 8 aromatic carbocycles. The molecule has 16 aromatic rings. The van der Waals surface area contributed by atoms with E-state index >= 15 is 0 Å². The summed E-state index contributed by atoms with van der Waals surface area (Å²) in [6.07, 6.45) is 14.3. The summed E-state index contributed by atoms with van der Waals surface area (Å²) in [6.45, 7) is 4.96. The van der Waals surface area contributed by atoms with E-state index in [0.29, 0.717) is 109 Å². The first kappa shape index (κ1) is 73.7. The second-order valence-electron chi connectivity index (χ2n) is 25.3. The maximum atomic E-state index is 14.6. The van der Waals surface area contributed by atoms with Crippen molar-refractivity contribution in [3.63, 3.8) is 0 Å². The number of nitrogens with zero attached hydrogens (tertiary/aromatic N) is 13. The van der Waals surface area contributed by atoms with Gasteiger partial charge in [0.05, 0.1) is 70.6 Å². The van der Waals surface area contributed by atoms with E-state index in [0.717, 1.165) is 33.0 Å². The number of hydrogen-bond acceptors (Lipinski definition) is 16. The zero-order valence-corrected chi connectivity index (χ0v) is 58.3. The van der Waals surface area contributed by atoms with Crippen LogP contribution in [0.4, 0.5) is 35.1 Å². The lowest BCUT2D eigenvalue weighted by molar-refractivity contribution is 0.391. The molecule has 24 nitrogen and oxygen atoms in total. The molecule has 0 aliphatic heterocycles. The van der Waals surface area contributed by atoms with E-state index in [1.54, 1.807) is 115 Å². The normalized spacial score (nSPS) is 12.1. The molecule has 32 heteroatoms. The van der Waals surface area contributed by atoms with Crippen molar-refractivity contribution in [2.45, 2.75) is 39.5 Å². The molecule has 0 radical (unpaired) electrons. The summed E-state index contributed by atoms with van der Waals surface area (Å²) in [5.74, 6) is 0.619. The minimum atomic E-state index is -0.478. The van der Waals surface area contributed by atoms with E-state index in [4.69, 9.17) is 17.2 Å². The van der Waals surface area contributed by atoms with Gasteiger partial charge in [0, 0.05) is 44.8 Å². The minimum Gasteiger partial charge on any atom is -0.324 e. The van der Waals surface area contributed by atoms with Gasteiger partial charge in [-0.15, -0.1) is 0 Å². The zero-order valence-electron chi connectivity index (χ0n) is 58.3. The van der Waals surface area contributed by atoms with Crippen LogP contribution in [-0.2, 0) is 19.6 Å². The number of halogens is 8. The predicted octanol–water partition coefficient (Wildman–Crippen LogP) is 14.8. The minimum absolute atomic E-state index is 0.187. The van der Waals surface area contributed by atoms with Gasteiger partial charge in [0.2, 0.25) is 0 Å². The molecule has 0 spiro atoms. The molecule has 550 valence electrons. The summed E-state index contributed by atoms with van der Waals surface area (Å²) in [5.41, 5.74) is 26.1. The Morgan fingerprint density at radius 1 is 0.367 bits per heavy atom. The van der Waals surface area contributed by atoms with Crippen molar-refractivity contribution in [1.29, 1.82) is 0 Å².